The predicted molar refractivity (Wildman–Crippen MR) is 33.4 cm³/mol. The van der Waals surface area contributed by atoms with E-state index in [0.29, 0.717) is 12.2 Å². The van der Waals surface area contributed by atoms with E-state index in [4.69, 9.17) is 5.26 Å². The lowest BCUT2D eigenvalue weighted by atomic mass is 10.5. The molecule has 3 N–H and O–H groups in total. The molecule has 0 aliphatic carbocycles. The van der Waals surface area contributed by atoms with Crippen LogP contribution in [0.15, 0.2) is 5.38 Å². The van der Waals surface area contributed by atoms with Crippen molar-refractivity contribution < 1.29 is 5.73 Å². The van der Waals surface area contributed by atoms with Gasteiger partial charge in [-0.1, -0.05) is 0 Å². The fourth-order valence-corrected chi connectivity index (χ4v) is 1.10. The maximum atomic E-state index is 8.32. The van der Waals surface area contributed by atoms with Gasteiger partial charge in [-0.3, -0.25) is 0 Å². The maximum Gasteiger partial charge on any atom is 0.151 e. The van der Waals surface area contributed by atoms with Crippen molar-refractivity contribution >= 4 is 11.3 Å². The molecule has 0 saturated heterocycles. The van der Waals surface area contributed by atoms with E-state index in [1.165, 1.54) is 11.3 Å². The zero-order chi connectivity index (χ0) is 6.69. The van der Waals surface area contributed by atoms with E-state index in [1.54, 1.807) is 5.38 Å². The van der Waals surface area contributed by atoms with Crippen molar-refractivity contribution in [2.45, 2.75) is 6.54 Å². The Kier molecular flexibility index (Phi) is 1.78. The van der Waals surface area contributed by atoms with Gasteiger partial charge in [0.1, 0.15) is 17.6 Å². The van der Waals surface area contributed by atoms with Crippen LogP contribution >= 0.6 is 11.3 Å². The SMILES string of the molecule is N#Cc1csc(C[NH3+])n1. The Morgan fingerprint density at radius 3 is 3.00 bits per heavy atom. The molecule has 0 unspecified atom stereocenters. The first-order valence-electron chi connectivity index (χ1n) is 2.50. The van der Waals surface area contributed by atoms with Crippen LogP contribution in [0.5, 0.6) is 0 Å². The molecule has 9 heavy (non-hydrogen) atoms. The van der Waals surface area contributed by atoms with Crippen LogP contribution in [0.3, 0.4) is 0 Å². The minimum Gasteiger partial charge on any atom is -0.352 e. The van der Waals surface area contributed by atoms with Crippen molar-refractivity contribution in [1.29, 1.82) is 5.26 Å². The average molecular weight is 140 g/mol. The summed E-state index contributed by atoms with van der Waals surface area (Å²) in [6.45, 7) is 0.673. The van der Waals surface area contributed by atoms with Crippen LogP contribution in [0.1, 0.15) is 10.7 Å². The lowest BCUT2D eigenvalue weighted by molar-refractivity contribution is -0.386. The van der Waals surface area contributed by atoms with Crippen LogP contribution in [0, 0.1) is 11.3 Å². The third-order valence-electron chi connectivity index (χ3n) is 0.880. The average Bonchev–Trinajstić information content (AvgIpc) is 2.34. The monoisotopic (exact) mass is 140 g/mol. The number of thiazole rings is 1. The summed E-state index contributed by atoms with van der Waals surface area (Å²) in [7, 11) is 0. The van der Waals surface area contributed by atoms with Gasteiger partial charge in [0.2, 0.25) is 0 Å². The van der Waals surface area contributed by atoms with Gasteiger partial charge in [-0.2, -0.15) is 5.26 Å². The summed E-state index contributed by atoms with van der Waals surface area (Å²) >= 11 is 1.48. The molecule has 1 heterocycles. The zero-order valence-electron chi connectivity index (χ0n) is 4.79. The summed E-state index contributed by atoms with van der Waals surface area (Å²) < 4.78 is 0. The molecule has 0 spiro atoms. The van der Waals surface area contributed by atoms with E-state index >= 15 is 0 Å². The van der Waals surface area contributed by atoms with E-state index in [1.807, 2.05) is 6.07 Å². The molecule has 0 amide bonds. The molecule has 0 radical (unpaired) electrons. The fraction of sp³-hybridized carbons (Fsp3) is 0.200. The molecule has 1 aromatic rings. The van der Waals surface area contributed by atoms with Gasteiger partial charge in [0.25, 0.3) is 0 Å². The van der Waals surface area contributed by atoms with Gasteiger partial charge in [-0.15, -0.1) is 11.3 Å². The highest BCUT2D eigenvalue weighted by Crippen LogP contribution is 2.05. The topological polar surface area (TPSA) is 64.3 Å². The Hall–Kier alpha value is -0.920. The van der Waals surface area contributed by atoms with Crippen molar-refractivity contribution in [3.63, 3.8) is 0 Å². The smallest absolute Gasteiger partial charge is 0.151 e. The lowest BCUT2D eigenvalue weighted by Gasteiger charge is -1.76. The second kappa shape index (κ2) is 2.58. The molecule has 0 aromatic carbocycles. The van der Waals surface area contributed by atoms with Crippen LogP contribution in [0.2, 0.25) is 0 Å². The van der Waals surface area contributed by atoms with Crippen molar-refractivity contribution in [3.05, 3.63) is 16.1 Å². The summed E-state index contributed by atoms with van der Waals surface area (Å²) in [5, 5.41) is 11.0. The highest BCUT2D eigenvalue weighted by Gasteiger charge is 1.97. The van der Waals surface area contributed by atoms with Crippen LogP contribution in [0.25, 0.3) is 0 Å². The summed E-state index contributed by atoms with van der Waals surface area (Å²) in [5.41, 5.74) is 4.14. The number of hydrogen-bond acceptors (Lipinski definition) is 3. The van der Waals surface area contributed by atoms with Crippen molar-refractivity contribution in [2.75, 3.05) is 0 Å². The van der Waals surface area contributed by atoms with Crippen LogP contribution in [-0.4, -0.2) is 4.98 Å². The Morgan fingerprint density at radius 1 is 1.89 bits per heavy atom. The molecule has 0 fully saturated rings. The van der Waals surface area contributed by atoms with E-state index in [0.717, 1.165) is 5.01 Å². The maximum absolute atomic E-state index is 8.32. The summed E-state index contributed by atoms with van der Waals surface area (Å²) in [6, 6.07) is 1.95. The van der Waals surface area contributed by atoms with E-state index in [-0.39, 0.29) is 0 Å². The molecule has 3 nitrogen and oxygen atoms in total. The molecule has 1 aromatic heterocycles. The number of nitrogens with zero attached hydrogens (tertiary/aromatic N) is 2. The Bertz CT molecular complexity index is 235. The number of hydrogen-bond donors (Lipinski definition) is 1. The fourth-order valence-electron chi connectivity index (χ4n) is 0.477. The molecule has 0 aliphatic heterocycles. The van der Waals surface area contributed by atoms with Gasteiger partial charge in [0.15, 0.2) is 5.69 Å². The second-order valence-electron chi connectivity index (χ2n) is 1.49. The first-order valence-corrected chi connectivity index (χ1v) is 3.38. The highest BCUT2D eigenvalue weighted by atomic mass is 32.1. The highest BCUT2D eigenvalue weighted by molar-refractivity contribution is 7.09. The molecule has 0 aliphatic rings. The third-order valence-corrected chi connectivity index (χ3v) is 1.79. The van der Waals surface area contributed by atoms with E-state index in [9.17, 15) is 0 Å². The van der Waals surface area contributed by atoms with Crippen molar-refractivity contribution in [2.24, 2.45) is 0 Å². The number of quaternary nitrogens is 1. The van der Waals surface area contributed by atoms with Crippen molar-refractivity contribution in [1.82, 2.24) is 4.98 Å². The molecule has 0 saturated carbocycles. The number of aromatic nitrogens is 1. The van der Waals surface area contributed by atoms with Gasteiger partial charge in [0.05, 0.1) is 0 Å². The van der Waals surface area contributed by atoms with Gasteiger partial charge in [-0.05, 0) is 0 Å². The molecule has 0 bridgehead atoms. The molecule has 0 atom stereocenters. The third kappa shape index (κ3) is 1.25. The van der Waals surface area contributed by atoms with Crippen molar-refractivity contribution in [3.8, 4) is 6.07 Å². The van der Waals surface area contributed by atoms with E-state index < -0.39 is 0 Å². The minimum absolute atomic E-state index is 0.499. The van der Waals surface area contributed by atoms with Crippen LogP contribution < -0.4 is 5.73 Å². The van der Waals surface area contributed by atoms with Gasteiger partial charge in [-0.25, -0.2) is 4.98 Å². The minimum atomic E-state index is 0.499. The summed E-state index contributed by atoms with van der Waals surface area (Å²) in [6.07, 6.45) is 0. The largest absolute Gasteiger partial charge is 0.352 e. The molecular formula is C5H6N3S+. The summed E-state index contributed by atoms with van der Waals surface area (Å²) in [5.74, 6) is 0. The molecule has 1 rings (SSSR count). The lowest BCUT2D eigenvalue weighted by Crippen LogP contribution is -2.47. The van der Waals surface area contributed by atoms with Gasteiger partial charge < -0.3 is 5.73 Å². The Balaban J connectivity index is 2.90. The van der Waals surface area contributed by atoms with Crippen LogP contribution in [-0.2, 0) is 6.54 Å². The second-order valence-corrected chi connectivity index (χ2v) is 2.43. The Labute approximate surface area is 56.8 Å². The molecule has 4 heteroatoms. The van der Waals surface area contributed by atoms with Crippen LogP contribution in [0.4, 0.5) is 0 Å². The summed E-state index contributed by atoms with van der Waals surface area (Å²) in [4.78, 5) is 3.94. The zero-order valence-corrected chi connectivity index (χ0v) is 5.61. The van der Waals surface area contributed by atoms with Gasteiger partial charge >= 0.3 is 0 Å². The molecular weight excluding hydrogens is 134 g/mol. The normalized spacial score (nSPS) is 8.89. The number of nitriles is 1. The first-order chi connectivity index (χ1) is 4.36. The molecule has 46 valence electrons. The first kappa shape index (κ1) is 6.20. The van der Waals surface area contributed by atoms with E-state index in [2.05, 4.69) is 10.7 Å². The standard InChI is InChI=1S/C5H5N3S/c6-1-4-3-9-5(2-7)8-4/h3H,2,7H2/p+1. The quantitative estimate of drug-likeness (QED) is 0.585. The predicted octanol–water partition coefficient (Wildman–Crippen LogP) is -0.243. The van der Waals surface area contributed by atoms with Gasteiger partial charge in [0, 0.05) is 5.38 Å². The Morgan fingerprint density at radius 2 is 2.67 bits per heavy atom. The number of rotatable bonds is 1.